The van der Waals surface area contributed by atoms with Crippen LogP contribution >= 0.6 is 0 Å². The maximum atomic E-state index is 13.2. The summed E-state index contributed by atoms with van der Waals surface area (Å²) in [6.07, 6.45) is 1.73. The number of benzene rings is 3. The summed E-state index contributed by atoms with van der Waals surface area (Å²) in [5, 5.41) is 0. The van der Waals surface area contributed by atoms with Crippen LogP contribution in [0, 0.1) is 0 Å². The van der Waals surface area contributed by atoms with E-state index in [2.05, 4.69) is 0 Å². The normalized spacial score (nSPS) is 15.2. The Balaban J connectivity index is 1.78. The molecular formula is C25H20O2. The van der Waals surface area contributed by atoms with Crippen LogP contribution in [0.5, 0.6) is 0 Å². The van der Waals surface area contributed by atoms with E-state index in [1.165, 1.54) is 0 Å². The molecule has 0 atom stereocenters. The summed E-state index contributed by atoms with van der Waals surface area (Å²) in [6, 6.07) is 26.9. The number of carbonyl (C=O) groups is 2. The Kier molecular flexibility index (Phi) is 4.80. The second-order valence-corrected chi connectivity index (χ2v) is 6.78. The average molecular weight is 352 g/mol. The van der Waals surface area contributed by atoms with Gasteiger partial charge in [0.1, 0.15) is 0 Å². The lowest BCUT2D eigenvalue weighted by atomic mass is 9.81. The summed E-state index contributed by atoms with van der Waals surface area (Å²) < 4.78 is 0. The van der Waals surface area contributed by atoms with E-state index in [9.17, 15) is 9.59 Å². The highest BCUT2D eigenvalue weighted by molar-refractivity contribution is 6.17. The van der Waals surface area contributed by atoms with Crippen molar-refractivity contribution in [2.24, 2.45) is 0 Å². The predicted octanol–water partition coefficient (Wildman–Crippen LogP) is 5.54. The minimum atomic E-state index is 0.0358. The van der Waals surface area contributed by atoms with Crippen LogP contribution in [0.3, 0.4) is 0 Å². The van der Waals surface area contributed by atoms with Crippen molar-refractivity contribution in [2.45, 2.75) is 19.3 Å². The molecule has 4 rings (SSSR count). The van der Waals surface area contributed by atoms with Crippen LogP contribution in [0.25, 0.3) is 5.57 Å². The number of ketones is 2. The van der Waals surface area contributed by atoms with Crippen molar-refractivity contribution >= 4 is 17.1 Å². The van der Waals surface area contributed by atoms with Crippen LogP contribution in [0.1, 0.15) is 44.7 Å². The second kappa shape index (κ2) is 7.55. The Bertz CT molecular complexity index is 1010. The quantitative estimate of drug-likeness (QED) is 0.456. The maximum Gasteiger partial charge on any atom is 0.189 e. The molecule has 2 nitrogen and oxygen atoms in total. The minimum absolute atomic E-state index is 0.0358. The lowest BCUT2D eigenvalue weighted by Crippen LogP contribution is -2.16. The van der Waals surface area contributed by atoms with Gasteiger partial charge in [-0.3, -0.25) is 9.59 Å². The molecule has 0 unspecified atom stereocenters. The molecule has 0 saturated carbocycles. The van der Waals surface area contributed by atoms with Crippen molar-refractivity contribution in [1.82, 2.24) is 0 Å². The van der Waals surface area contributed by atoms with E-state index in [0.29, 0.717) is 12.0 Å². The van der Waals surface area contributed by atoms with Gasteiger partial charge in [0.2, 0.25) is 0 Å². The summed E-state index contributed by atoms with van der Waals surface area (Å²) in [5.41, 5.74) is 5.10. The Labute approximate surface area is 159 Å². The fourth-order valence-corrected chi connectivity index (χ4v) is 3.69. The molecular weight excluding hydrogens is 332 g/mol. The lowest BCUT2D eigenvalue weighted by Gasteiger charge is -2.21. The highest BCUT2D eigenvalue weighted by atomic mass is 16.1. The molecule has 0 saturated heterocycles. The van der Waals surface area contributed by atoms with Crippen molar-refractivity contribution < 1.29 is 9.59 Å². The van der Waals surface area contributed by atoms with Crippen LogP contribution in [0.15, 0.2) is 90.5 Å². The third-order valence-corrected chi connectivity index (χ3v) is 5.10. The first kappa shape index (κ1) is 17.2. The first-order valence-corrected chi connectivity index (χ1v) is 9.22. The smallest absolute Gasteiger partial charge is 0.189 e. The van der Waals surface area contributed by atoms with E-state index in [-0.39, 0.29) is 18.0 Å². The molecule has 0 N–H and O–H groups in total. The van der Waals surface area contributed by atoms with E-state index in [0.717, 1.165) is 34.3 Å². The molecule has 0 heterocycles. The number of aryl methyl sites for hydroxylation is 1. The summed E-state index contributed by atoms with van der Waals surface area (Å²) in [7, 11) is 0. The molecule has 0 aliphatic heterocycles. The number of hydrogen-bond donors (Lipinski definition) is 0. The van der Waals surface area contributed by atoms with Crippen molar-refractivity contribution in [3.05, 3.63) is 113 Å². The number of Topliss-reactive ketones (excluding diaryl/α,β-unsaturated/α-hetero) is 2. The third kappa shape index (κ3) is 3.52. The molecule has 0 spiro atoms. The van der Waals surface area contributed by atoms with Gasteiger partial charge in [0.15, 0.2) is 11.6 Å². The second-order valence-electron chi connectivity index (χ2n) is 6.78. The van der Waals surface area contributed by atoms with E-state index >= 15 is 0 Å². The molecule has 1 aliphatic carbocycles. The third-order valence-electron chi connectivity index (χ3n) is 5.10. The molecule has 2 heteroatoms. The predicted molar refractivity (Wildman–Crippen MR) is 108 cm³/mol. The number of hydrogen-bond acceptors (Lipinski definition) is 2. The fourth-order valence-electron chi connectivity index (χ4n) is 3.69. The van der Waals surface area contributed by atoms with Crippen molar-refractivity contribution in [2.75, 3.05) is 0 Å². The van der Waals surface area contributed by atoms with E-state index in [4.69, 9.17) is 0 Å². The van der Waals surface area contributed by atoms with Gasteiger partial charge in [0, 0.05) is 23.1 Å². The zero-order chi connectivity index (χ0) is 18.6. The first-order chi connectivity index (χ1) is 13.2. The van der Waals surface area contributed by atoms with Crippen LogP contribution in [-0.2, 0) is 6.42 Å². The summed E-state index contributed by atoms with van der Waals surface area (Å²) >= 11 is 0. The average Bonchev–Trinajstić information content (AvgIpc) is 2.74. The SMILES string of the molecule is O=C(CC(=C1CCc2ccccc2C1=O)c1ccccc1)c1ccccc1. The number of carbonyl (C=O) groups excluding carboxylic acids is 2. The molecule has 1 aliphatic rings. The van der Waals surface area contributed by atoms with Crippen molar-refractivity contribution in [1.29, 1.82) is 0 Å². The molecule has 0 radical (unpaired) electrons. The van der Waals surface area contributed by atoms with E-state index < -0.39 is 0 Å². The van der Waals surface area contributed by atoms with Crippen LogP contribution in [-0.4, -0.2) is 11.6 Å². The van der Waals surface area contributed by atoms with Gasteiger partial charge in [0.25, 0.3) is 0 Å². The molecule has 27 heavy (non-hydrogen) atoms. The molecule has 3 aromatic carbocycles. The fraction of sp³-hybridized carbons (Fsp3) is 0.120. The van der Waals surface area contributed by atoms with Gasteiger partial charge in [-0.25, -0.2) is 0 Å². The molecule has 0 aromatic heterocycles. The van der Waals surface area contributed by atoms with Gasteiger partial charge in [-0.05, 0) is 29.5 Å². The summed E-state index contributed by atoms with van der Waals surface area (Å²) in [5.74, 6) is 0.0881. The highest BCUT2D eigenvalue weighted by Crippen LogP contribution is 2.33. The zero-order valence-corrected chi connectivity index (χ0v) is 15.0. The Morgan fingerprint density at radius 2 is 1.30 bits per heavy atom. The largest absolute Gasteiger partial charge is 0.294 e. The first-order valence-electron chi connectivity index (χ1n) is 9.22. The minimum Gasteiger partial charge on any atom is -0.294 e. The van der Waals surface area contributed by atoms with Crippen molar-refractivity contribution in [3.8, 4) is 0 Å². The Morgan fingerprint density at radius 1 is 0.704 bits per heavy atom. The lowest BCUT2D eigenvalue weighted by molar-refractivity contribution is 0.0998. The van der Waals surface area contributed by atoms with Crippen molar-refractivity contribution in [3.63, 3.8) is 0 Å². The summed E-state index contributed by atoms with van der Waals surface area (Å²) in [6.45, 7) is 0. The van der Waals surface area contributed by atoms with E-state index in [1.54, 1.807) is 0 Å². The highest BCUT2D eigenvalue weighted by Gasteiger charge is 2.26. The molecule has 0 bridgehead atoms. The van der Waals surface area contributed by atoms with Gasteiger partial charge in [0.05, 0.1) is 0 Å². The summed E-state index contributed by atoms with van der Waals surface area (Å²) in [4.78, 5) is 26.1. The van der Waals surface area contributed by atoms with Gasteiger partial charge >= 0.3 is 0 Å². The van der Waals surface area contributed by atoms with Gasteiger partial charge < -0.3 is 0 Å². The monoisotopic (exact) mass is 352 g/mol. The number of rotatable bonds is 4. The molecule has 0 amide bonds. The Hall–Kier alpha value is -3.26. The molecule has 0 fully saturated rings. The van der Waals surface area contributed by atoms with Crippen LogP contribution < -0.4 is 0 Å². The number of fused-ring (bicyclic) bond motifs is 1. The zero-order valence-electron chi connectivity index (χ0n) is 15.0. The molecule has 132 valence electrons. The topological polar surface area (TPSA) is 34.1 Å². The van der Waals surface area contributed by atoms with Gasteiger partial charge in [-0.15, -0.1) is 0 Å². The van der Waals surface area contributed by atoms with Crippen LogP contribution in [0.2, 0.25) is 0 Å². The Morgan fingerprint density at radius 3 is 2.00 bits per heavy atom. The van der Waals surface area contributed by atoms with Gasteiger partial charge in [-0.2, -0.15) is 0 Å². The maximum absolute atomic E-state index is 13.2. The van der Waals surface area contributed by atoms with Gasteiger partial charge in [-0.1, -0.05) is 84.9 Å². The standard InChI is InChI=1S/C25H20O2/c26-24(20-12-5-2-6-13-20)17-23(18-9-3-1-4-10-18)22-16-15-19-11-7-8-14-21(19)25(22)27/h1-14H,15-17H2. The number of allylic oxidation sites excluding steroid dienone is 2. The van der Waals surface area contributed by atoms with Crippen LogP contribution in [0.4, 0.5) is 0 Å². The molecule has 3 aromatic rings. The van der Waals surface area contributed by atoms with E-state index in [1.807, 2.05) is 84.9 Å².